The average molecular weight is 360 g/mol. The molecule has 2 rings (SSSR count). The SMILES string of the molecule is O=C(COc1ccc(Cl)cc1Br)NCCc1ccon1. The van der Waals surface area contributed by atoms with Crippen molar-refractivity contribution in [2.45, 2.75) is 6.42 Å². The molecule has 0 radical (unpaired) electrons. The Labute approximate surface area is 129 Å². The van der Waals surface area contributed by atoms with Crippen LogP contribution in [0, 0.1) is 0 Å². The Kier molecular flexibility index (Phi) is 5.43. The van der Waals surface area contributed by atoms with Gasteiger partial charge in [-0.25, -0.2) is 0 Å². The third-order valence-corrected chi connectivity index (χ3v) is 3.30. The van der Waals surface area contributed by atoms with Gasteiger partial charge in [0.15, 0.2) is 6.61 Å². The van der Waals surface area contributed by atoms with Gasteiger partial charge >= 0.3 is 0 Å². The second kappa shape index (κ2) is 7.31. The van der Waals surface area contributed by atoms with Crippen LogP contribution in [-0.2, 0) is 11.2 Å². The Morgan fingerprint density at radius 3 is 3.00 bits per heavy atom. The van der Waals surface area contributed by atoms with E-state index in [0.29, 0.717) is 28.2 Å². The number of carbonyl (C=O) groups is 1. The fourth-order valence-electron chi connectivity index (χ4n) is 1.48. The molecule has 1 aromatic carbocycles. The van der Waals surface area contributed by atoms with E-state index in [1.54, 1.807) is 24.3 Å². The second-order valence-corrected chi connectivity index (χ2v) is 5.24. The molecule has 20 heavy (non-hydrogen) atoms. The van der Waals surface area contributed by atoms with Crippen molar-refractivity contribution in [3.8, 4) is 5.75 Å². The Morgan fingerprint density at radius 1 is 1.45 bits per heavy atom. The summed E-state index contributed by atoms with van der Waals surface area (Å²) >= 11 is 9.13. The number of rotatable bonds is 6. The molecule has 0 spiro atoms. The number of aromatic nitrogens is 1. The van der Waals surface area contributed by atoms with Gasteiger partial charge in [0.1, 0.15) is 12.0 Å². The van der Waals surface area contributed by atoms with Gasteiger partial charge in [-0.3, -0.25) is 4.79 Å². The molecule has 0 aliphatic rings. The maximum absolute atomic E-state index is 11.6. The largest absolute Gasteiger partial charge is 0.483 e. The molecule has 7 heteroatoms. The maximum atomic E-state index is 11.6. The van der Waals surface area contributed by atoms with Crippen LogP contribution in [0.2, 0.25) is 5.02 Å². The van der Waals surface area contributed by atoms with Crippen LogP contribution in [0.3, 0.4) is 0 Å². The average Bonchev–Trinajstić information content (AvgIpc) is 2.91. The lowest BCUT2D eigenvalue weighted by Gasteiger charge is -2.08. The van der Waals surface area contributed by atoms with E-state index in [9.17, 15) is 4.79 Å². The highest BCUT2D eigenvalue weighted by Crippen LogP contribution is 2.27. The number of nitrogens with one attached hydrogen (secondary N) is 1. The van der Waals surface area contributed by atoms with Crippen molar-refractivity contribution >= 4 is 33.4 Å². The Morgan fingerprint density at radius 2 is 2.30 bits per heavy atom. The summed E-state index contributed by atoms with van der Waals surface area (Å²) in [4.78, 5) is 11.6. The molecule has 0 aliphatic carbocycles. The van der Waals surface area contributed by atoms with E-state index >= 15 is 0 Å². The Balaban J connectivity index is 1.72. The Bertz CT molecular complexity index is 575. The zero-order valence-electron chi connectivity index (χ0n) is 10.4. The van der Waals surface area contributed by atoms with Gasteiger partial charge in [0, 0.05) is 24.1 Å². The molecule has 0 fully saturated rings. The van der Waals surface area contributed by atoms with Crippen LogP contribution in [0.15, 0.2) is 39.5 Å². The molecule has 1 N–H and O–H groups in total. The summed E-state index contributed by atoms with van der Waals surface area (Å²) in [6.45, 7) is 0.426. The molecule has 5 nitrogen and oxygen atoms in total. The zero-order chi connectivity index (χ0) is 14.4. The van der Waals surface area contributed by atoms with E-state index in [0.717, 1.165) is 5.69 Å². The standard InChI is InChI=1S/C13H12BrClN2O3/c14-11-7-9(15)1-2-12(11)19-8-13(18)16-5-3-10-4-6-20-17-10/h1-2,4,6-7H,3,5,8H2,(H,16,18). The van der Waals surface area contributed by atoms with Gasteiger partial charge < -0.3 is 14.6 Å². The number of benzene rings is 1. The maximum Gasteiger partial charge on any atom is 0.257 e. The van der Waals surface area contributed by atoms with Gasteiger partial charge in [-0.1, -0.05) is 16.8 Å². The van der Waals surface area contributed by atoms with Crippen molar-refractivity contribution < 1.29 is 14.1 Å². The fourth-order valence-corrected chi connectivity index (χ4v) is 2.28. The molecule has 0 aliphatic heterocycles. The molecule has 0 atom stereocenters. The third-order valence-electron chi connectivity index (χ3n) is 2.45. The predicted octanol–water partition coefficient (Wildman–Crippen LogP) is 2.83. The normalized spacial score (nSPS) is 10.3. The molecular weight excluding hydrogens is 348 g/mol. The lowest BCUT2D eigenvalue weighted by molar-refractivity contribution is -0.123. The van der Waals surface area contributed by atoms with Gasteiger partial charge in [0.05, 0.1) is 10.2 Å². The summed E-state index contributed by atoms with van der Waals surface area (Å²) in [6.07, 6.45) is 2.12. The van der Waals surface area contributed by atoms with Crippen molar-refractivity contribution in [3.05, 3.63) is 45.7 Å². The minimum absolute atomic E-state index is 0.0565. The minimum atomic E-state index is -0.199. The van der Waals surface area contributed by atoms with Gasteiger partial charge in [0.2, 0.25) is 0 Å². The van der Waals surface area contributed by atoms with Gasteiger partial charge in [-0.15, -0.1) is 0 Å². The van der Waals surface area contributed by atoms with Crippen molar-refractivity contribution in [1.29, 1.82) is 0 Å². The molecule has 1 heterocycles. The summed E-state index contributed by atoms with van der Waals surface area (Å²) in [5.41, 5.74) is 0.798. The molecule has 1 aromatic heterocycles. The van der Waals surface area contributed by atoms with E-state index in [2.05, 4.69) is 26.4 Å². The molecule has 2 aromatic rings. The number of hydrogen-bond acceptors (Lipinski definition) is 4. The van der Waals surface area contributed by atoms with Crippen LogP contribution >= 0.6 is 27.5 Å². The summed E-state index contributed by atoms with van der Waals surface area (Å²) in [5, 5.41) is 7.08. The number of ether oxygens (including phenoxy) is 1. The topological polar surface area (TPSA) is 64.4 Å². The molecule has 0 unspecified atom stereocenters. The van der Waals surface area contributed by atoms with E-state index in [1.807, 2.05) is 0 Å². The van der Waals surface area contributed by atoms with E-state index in [4.69, 9.17) is 20.9 Å². The first-order valence-electron chi connectivity index (χ1n) is 5.89. The number of halogens is 2. The monoisotopic (exact) mass is 358 g/mol. The smallest absolute Gasteiger partial charge is 0.257 e. The van der Waals surface area contributed by atoms with Crippen molar-refractivity contribution in [2.24, 2.45) is 0 Å². The number of nitrogens with zero attached hydrogens (tertiary/aromatic N) is 1. The van der Waals surface area contributed by atoms with Crippen LogP contribution in [0.25, 0.3) is 0 Å². The highest BCUT2D eigenvalue weighted by atomic mass is 79.9. The molecule has 0 bridgehead atoms. The number of amides is 1. The van der Waals surface area contributed by atoms with Gasteiger partial charge in [-0.2, -0.15) is 0 Å². The Hall–Kier alpha value is -1.53. The fraction of sp³-hybridized carbons (Fsp3) is 0.231. The lowest BCUT2D eigenvalue weighted by atomic mass is 10.3. The molecule has 0 saturated heterocycles. The van der Waals surface area contributed by atoms with E-state index < -0.39 is 0 Å². The minimum Gasteiger partial charge on any atom is -0.483 e. The van der Waals surface area contributed by atoms with Crippen LogP contribution in [0.1, 0.15) is 5.69 Å². The van der Waals surface area contributed by atoms with Crippen LogP contribution in [-0.4, -0.2) is 24.2 Å². The van der Waals surface area contributed by atoms with Crippen LogP contribution < -0.4 is 10.1 Å². The molecule has 0 saturated carbocycles. The highest BCUT2D eigenvalue weighted by molar-refractivity contribution is 9.10. The van der Waals surface area contributed by atoms with E-state index in [-0.39, 0.29) is 12.5 Å². The van der Waals surface area contributed by atoms with Gasteiger partial charge in [-0.05, 0) is 34.1 Å². The first-order valence-corrected chi connectivity index (χ1v) is 7.06. The number of carbonyl (C=O) groups excluding carboxylic acids is 1. The molecular formula is C13H12BrClN2O3. The first-order chi connectivity index (χ1) is 9.65. The first kappa shape index (κ1) is 14.9. The zero-order valence-corrected chi connectivity index (χ0v) is 12.8. The van der Waals surface area contributed by atoms with Gasteiger partial charge in [0.25, 0.3) is 5.91 Å². The highest BCUT2D eigenvalue weighted by Gasteiger charge is 2.06. The summed E-state index contributed by atoms with van der Waals surface area (Å²) in [7, 11) is 0. The quantitative estimate of drug-likeness (QED) is 0.861. The van der Waals surface area contributed by atoms with Crippen LogP contribution in [0.5, 0.6) is 5.75 Å². The number of hydrogen-bond donors (Lipinski definition) is 1. The summed E-state index contributed by atoms with van der Waals surface area (Å²) < 4.78 is 10.8. The van der Waals surface area contributed by atoms with Crippen molar-refractivity contribution in [1.82, 2.24) is 10.5 Å². The third kappa shape index (κ3) is 4.54. The summed E-state index contributed by atoms with van der Waals surface area (Å²) in [6, 6.07) is 6.87. The van der Waals surface area contributed by atoms with E-state index in [1.165, 1.54) is 6.26 Å². The molecule has 1 amide bonds. The van der Waals surface area contributed by atoms with Crippen molar-refractivity contribution in [2.75, 3.05) is 13.2 Å². The second-order valence-electron chi connectivity index (χ2n) is 3.95. The summed E-state index contributed by atoms with van der Waals surface area (Å²) in [5.74, 6) is 0.372. The van der Waals surface area contributed by atoms with Crippen LogP contribution in [0.4, 0.5) is 0 Å². The molecule has 106 valence electrons. The lowest BCUT2D eigenvalue weighted by Crippen LogP contribution is -2.30. The van der Waals surface area contributed by atoms with Crippen molar-refractivity contribution in [3.63, 3.8) is 0 Å². The predicted molar refractivity (Wildman–Crippen MR) is 77.9 cm³/mol.